The number of carbonyl (C=O) groups excluding carboxylic acids is 1. The molecule has 1 saturated heterocycles. The van der Waals surface area contributed by atoms with E-state index in [2.05, 4.69) is 5.10 Å². The largest absolute Gasteiger partial charge is 0.481 e. The summed E-state index contributed by atoms with van der Waals surface area (Å²) in [5.41, 5.74) is 1.97. The van der Waals surface area contributed by atoms with Crippen molar-refractivity contribution in [2.75, 3.05) is 19.7 Å². The van der Waals surface area contributed by atoms with E-state index in [4.69, 9.17) is 9.84 Å². The number of aromatic nitrogens is 2. The summed E-state index contributed by atoms with van der Waals surface area (Å²) in [5.74, 6) is -0.891. The third-order valence-corrected chi connectivity index (χ3v) is 3.53. The standard InChI is InChI=1S/C14H21N3O4/c1-10-7-11(2)17(15-10)4-3-13(18)16-5-6-21-12(9-16)8-14(19)20/h7,12H,3-6,8-9H2,1-2H3,(H,19,20). The van der Waals surface area contributed by atoms with Crippen molar-refractivity contribution in [1.29, 1.82) is 0 Å². The van der Waals surface area contributed by atoms with Crippen molar-refractivity contribution >= 4 is 11.9 Å². The molecule has 0 spiro atoms. The molecule has 1 unspecified atom stereocenters. The van der Waals surface area contributed by atoms with Gasteiger partial charge in [0.05, 0.1) is 24.8 Å². The molecular formula is C14H21N3O4. The number of morpholine rings is 1. The summed E-state index contributed by atoms with van der Waals surface area (Å²) in [6, 6.07) is 1.97. The molecule has 1 atom stereocenters. The Morgan fingerprint density at radius 2 is 2.24 bits per heavy atom. The summed E-state index contributed by atoms with van der Waals surface area (Å²) in [6.45, 7) is 5.68. The van der Waals surface area contributed by atoms with Crippen LogP contribution in [0.25, 0.3) is 0 Å². The van der Waals surface area contributed by atoms with Crippen LogP contribution in [0.15, 0.2) is 6.07 Å². The van der Waals surface area contributed by atoms with Crippen molar-refractivity contribution in [3.05, 3.63) is 17.5 Å². The average Bonchev–Trinajstić information content (AvgIpc) is 2.74. The van der Waals surface area contributed by atoms with Crippen LogP contribution in [-0.2, 0) is 20.9 Å². The molecule has 1 N–H and O–H groups in total. The first-order chi connectivity index (χ1) is 9.95. The van der Waals surface area contributed by atoms with Gasteiger partial charge in [-0.3, -0.25) is 14.3 Å². The van der Waals surface area contributed by atoms with Crippen LogP contribution < -0.4 is 0 Å². The van der Waals surface area contributed by atoms with Gasteiger partial charge in [-0.2, -0.15) is 5.10 Å². The zero-order valence-electron chi connectivity index (χ0n) is 12.4. The van der Waals surface area contributed by atoms with Crippen molar-refractivity contribution in [1.82, 2.24) is 14.7 Å². The number of aliphatic carboxylic acids is 1. The van der Waals surface area contributed by atoms with Crippen molar-refractivity contribution in [3.8, 4) is 0 Å². The summed E-state index contributed by atoms with van der Waals surface area (Å²) >= 11 is 0. The highest BCUT2D eigenvalue weighted by Crippen LogP contribution is 2.11. The zero-order valence-corrected chi connectivity index (χ0v) is 12.4. The van der Waals surface area contributed by atoms with E-state index in [1.54, 1.807) is 4.90 Å². The fourth-order valence-corrected chi connectivity index (χ4v) is 2.53. The Hall–Kier alpha value is -1.89. The number of nitrogens with zero attached hydrogens (tertiary/aromatic N) is 3. The van der Waals surface area contributed by atoms with Crippen LogP contribution in [0.3, 0.4) is 0 Å². The van der Waals surface area contributed by atoms with Crippen molar-refractivity contribution in [2.24, 2.45) is 0 Å². The van der Waals surface area contributed by atoms with Crippen molar-refractivity contribution < 1.29 is 19.4 Å². The third-order valence-electron chi connectivity index (χ3n) is 3.53. The first kappa shape index (κ1) is 15.5. The molecule has 1 aliphatic rings. The number of aryl methyl sites for hydroxylation is 3. The fourth-order valence-electron chi connectivity index (χ4n) is 2.53. The minimum Gasteiger partial charge on any atom is -0.481 e. The van der Waals surface area contributed by atoms with Crippen molar-refractivity contribution in [3.63, 3.8) is 0 Å². The fraction of sp³-hybridized carbons (Fsp3) is 0.643. The molecule has 0 aliphatic carbocycles. The molecule has 0 saturated carbocycles. The van der Waals surface area contributed by atoms with Crippen LogP contribution in [0.5, 0.6) is 0 Å². The van der Waals surface area contributed by atoms with Gasteiger partial charge in [0, 0.05) is 31.7 Å². The lowest BCUT2D eigenvalue weighted by molar-refractivity contribution is -0.147. The Morgan fingerprint density at radius 1 is 1.48 bits per heavy atom. The number of amides is 1. The first-order valence-electron chi connectivity index (χ1n) is 7.08. The van der Waals surface area contributed by atoms with Gasteiger partial charge in [-0.15, -0.1) is 0 Å². The second-order valence-electron chi connectivity index (χ2n) is 5.33. The smallest absolute Gasteiger partial charge is 0.306 e. The second-order valence-corrected chi connectivity index (χ2v) is 5.33. The zero-order chi connectivity index (χ0) is 15.4. The molecule has 0 bridgehead atoms. The number of carboxylic acids is 1. The highest BCUT2D eigenvalue weighted by Gasteiger charge is 2.25. The Kier molecular flexibility index (Phi) is 4.95. The van der Waals surface area contributed by atoms with Crippen LogP contribution in [-0.4, -0.2) is 57.5 Å². The maximum Gasteiger partial charge on any atom is 0.306 e. The first-order valence-corrected chi connectivity index (χ1v) is 7.08. The molecule has 21 heavy (non-hydrogen) atoms. The van der Waals surface area contributed by atoms with E-state index in [-0.39, 0.29) is 12.3 Å². The van der Waals surface area contributed by atoms with E-state index < -0.39 is 12.1 Å². The van der Waals surface area contributed by atoms with Crippen LogP contribution in [0.4, 0.5) is 0 Å². The van der Waals surface area contributed by atoms with Gasteiger partial charge in [0.1, 0.15) is 0 Å². The predicted molar refractivity (Wildman–Crippen MR) is 74.9 cm³/mol. The molecule has 1 amide bonds. The van der Waals surface area contributed by atoms with E-state index in [0.29, 0.717) is 32.7 Å². The van der Waals surface area contributed by atoms with E-state index in [0.717, 1.165) is 11.4 Å². The quantitative estimate of drug-likeness (QED) is 0.859. The maximum atomic E-state index is 12.2. The molecule has 1 fully saturated rings. The lowest BCUT2D eigenvalue weighted by Gasteiger charge is -2.32. The highest BCUT2D eigenvalue weighted by molar-refractivity contribution is 5.76. The topological polar surface area (TPSA) is 84.7 Å². The summed E-state index contributed by atoms with van der Waals surface area (Å²) < 4.78 is 7.18. The molecule has 0 radical (unpaired) electrons. The van der Waals surface area contributed by atoms with Crippen LogP contribution in [0.1, 0.15) is 24.2 Å². The number of carbonyl (C=O) groups is 2. The average molecular weight is 295 g/mol. The highest BCUT2D eigenvalue weighted by atomic mass is 16.5. The minimum atomic E-state index is -0.906. The molecule has 1 aliphatic heterocycles. The molecule has 116 valence electrons. The van der Waals surface area contributed by atoms with E-state index >= 15 is 0 Å². The SMILES string of the molecule is Cc1cc(C)n(CCC(=O)N2CCOC(CC(=O)O)C2)n1. The van der Waals surface area contributed by atoms with E-state index in [1.165, 1.54) is 0 Å². The summed E-state index contributed by atoms with van der Waals surface area (Å²) in [7, 11) is 0. The van der Waals surface area contributed by atoms with Gasteiger partial charge in [0.25, 0.3) is 0 Å². The molecule has 1 aromatic rings. The van der Waals surface area contributed by atoms with Crippen LogP contribution in [0, 0.1) is 13.8 Å². The van der Waals surface area contributed by atoms with Gasteiger partial charge in [-0.25, -0.2) is 0 Å². The summed E-state index contributed by atoms with van der Waals surface area (Å²) in [5, 5.41) is 13.1. The molecular weight excluding hydrogens is 274 g/mol. The van der Waals surface area contributed by atoms with Gasteiger partial charge in [0.2, 0.25) is 5.91 Å². The third kappa shape index (κ3) is 4.29. The molecule has 2 rings (SSSR count). The Bertz CT molecular complexity index is 526. The lowest BCUT2D eigenvalue weighted by Crippen LogP contribution is -2.46. The number of rotatable bonds is 5. The van der Waals surface area contributed by atoms with E-state index in [9.17, 15) is 9.59 Å². The Balaban J connectivity index is 1.85. The minimum absolute atomic E-state index is 0.0150. The normalized spacial score (nSPS) is 18.8. The number of carboxylic acid groups (broad SMARTS) is 1. The molecule has 7 heteroatoms. The lowest BCUT2D eigenvalue weighted by atomic mass is 10.2. The van der Waals surface area contributed by atoms with Gasteiger partial charge in [-0.05, 0) is 19.9 Å². The molecule has 0 aromatic carbocycles. The summed E-state index contributed by atoms with van der Waals surface area (Å²) in [4.78, 5) is 24.6. The maximum absolute atomic E-state index is 12.2. The van der Waals surface area contributed by atoms with Gasteiger partial charge < -0.3 is 14.7 Å². The van der Waals surface area contributed by atoms with Crippen LogP contribution in [0.2, 0.25) is 0 Å². The number of hydrogen-bond donors (Lipinski definition) is 1. The summed E-state index contributed by atoms with van der Waals surface area (Å²) in [6.07, 6.45) is -0.114. The predicted octanol–water partition coefficient (Wildman–Crippen LogP) is 0.592. The molecule has 7 nitrogen and oxygen atoms in total. The monoisotopic (exact) mass is 295 g/mol. The molecule has 1 aromatic heterocycles. The van der Waals surface area contributed by atoms with Crippen LogP contribution >= 0.6 is 0 Å². The number of hydrogen-bond acceptors (Lipinski definition) is 4. The van der Waals surface area contributed by atoms with Gasteiger partial charge in [0.15, 0.2) is 0 Å². The Labute approximate surface area is 123 Å². The van der Waals surface area contributed by atoms with E-state index in [1.807, 2.05) is 24.6 Å². The second kappa shape index (κ2) is 6.71. The molecule has 2 heterocycles. The van der Waals surface area contributed by atoms with Gasteiger partial charge >= 0.3 is 5.97 Å². The number of ether oxygens (including phenoxy) is 1. The Morgan fingerprint density at radius 3 is 2.86 bits per heavy atom. The van der Waals surface area contributed by atoms with Gasteiger partial charge in [-0.1, -0.05) is 0 Å². The van der Waals surface area contributed by atoms with Crippen molar-refractivity contribution in [2.45, 2.75) is 39.3 Å².